The zero-order chi connectivity index (χ0) is 9.84. The van der Waals surface area contributed by atoms with Crippen molar-refractivity contribution in [1.82, 2.24) is 4.90 Å². The molecule has 13 heavy (non-hydrogen) atoms. The van der Waals surface area contributed by atoms with E-state index in [-0.39, 0.29) is 5.91 Å². The van der Waals surface area contributed by atoms with Gasteiger partial charge in [0.05, 0.1) is 17.2 Å². The molecule has 0 spiro atoms. The van der Waals surface area contributed by atoms with Gasteiger partial charge in [-0.05, 0) is 12.1 Å². The Morgan fingerprint density at radius 3 is 2.54 bits per heavy atom. The molecule has 1 amide bonds. The van der Waals surface area contributed by atoms with Crippen LogP contribution in [0.3, 0.4) is 0 Å². The summed E-state index contributed by atoms with van der Waals surface area (Å²) in [5.41, 5.74) is 0.871. The summed E-state index contributed by atoms with van der Waals surface area (Å²) in [6.45, 7) is 0. The quantitative estimate of drug-likeness (QED) is 0.643. The van der Waals surface area contributed by atoms with Crippen LogP contribution in [0.2, 0.25) is 0 Å². The third-order valence-corrected chi connectivity index (χ3v) is 1.68. The number of hydrogen-bond acceptors (Lipinski definition) is 2. The molecule has 0 saturated heterocycles. The van der Waals surface area contributed by atoms with E-state index in [1.165, 1.54) is 4.90 Å². The first kappa shape index (κ1) is 9.27. The number of carbonyl (C=O) groups excluding carboxylic acids is 1. The van der Waals surface area contributed by atoms with Gasteiger partial charge in [0.1, 0.15) is 0 Å². The fourth-order valence-electron chi connectivity index (χ4n) is 1.01. The minimum Gasteiger partial charge on any atom is -0.345 e. The molecule has 0 aromatic heterocycles. The summed E-state index contributed by atoms with van der Waals surface area (Å²) in [6, 6.07) is 8.76. The Morgan fingerprint density at radius 1 is 1.38 bits per heavy atom. The van der Waals surface area contributed by atoms with Gasteiger partial charge in [0.2, 0.25) is 0 Å². The summed E-state index contributed by atoms with van der Waals surface area (Å²) < 4.78 is 0. The molecule has 0 bridgehead atoms. The highest BCUT2D eigenvalue weighted by Crippen LogP contribution is 2.08. The average Bonchev–Trinajstić information content (AvgIpc) is 2.16. The minimum absolute atomic E-state index is 0.142. The summed E-state index contributed by atoms with van der Waals surface area (Å²) >= 11 is 0. The monoisotopic (exact) mass is 174 g/mol. The maximum absolute atomic E-state index is 11.5. The second-order valence-electron chi connectivity index (χ2n) is 2.86. The van der Waals surface area contributed by atoms with Crippen molar-refractivity contribution in [3.63, 3.8) is 0 Å². The van der Waals surface area contributed by atoms with Crippen molar-refractivity contribution in [3.05, 3.63) is 35.4 Å². The topological polar surface area (TPSA) is 44.1 Å². The summed E-state index contributed by atoms with van der Waals surface area (Å²) in [5, 5.41) is 8.73. The molecular weight excluding hydrogens is 164 g/mol. The third kappa shape index (κ3) is 1.85. The number of nitrogens with zero attached hydrogens (tertiary/aromatic N) is 2. The standard InChI is InChI=1S/C10H10N2O/c1-12(2)10(13)9-6-4-3-5-8(9)7-11/h3-6H,1-2H3. The van der Waals surface area contributed by atoms with Crippen molar-refractivity contribution in [2.24, 2.45) is 0 Å². The number of hydrogen-bond donors (Lipinski definition) is 0. The summed E-state index contributed by atoms with van der Waals surface area (Å²) in [7, 11) is 3.33. The highest BCUT2D eigenvalue weighted by molar-refractivity contribution is 5.96. The van der Waals surface area contributed by atoms with E-state index in [1.807, 2.05) is 6.07 Å². The van der Waals surface area contributed by atoms with Gasteiger partial charge in [0.15, 0.2) is 0 Å². The second-order valence-corrected chi connectivity index (χ2v) is 2.86. The van der Waals surface area contributed by atoms with Crippen LogP contribution in [0.25, 0.3) is 0 Å². The van der Waals surface area contributed by atoms with Crippen LogP contribution in [0, 0.1) is 11.3 Å². The van der Waals surface area contributed by atoms with Gasteiger partial charge in [-0.3, -0.25) is 4.79 Å². The Balaban J connectivity index is 3.15. The molecular formula is C10H10N2O. The van der Waals surface area contributed by atoms with Gasteiger partial charge in [-0.1, -0.05) is 12.1 Å². The molecule has 0 N–H and O–H groups in total. The molecule has 0 aliphatic rings. The Morgan fingerprint density at radius 2 is 2.00 bits per heavy atom. The van der Waals surface area contributed by atoms with Crippen LogP contribution in [0.15, 0.2) is 24.3 Å². The Hall–Kier alpha value is -1.82. The molecule has 66 valence electrons. The van der Waals surface area contributed by atoms with Gasteiger partial charge in [-0.15, -0.1) is 0 Å². The fourth-order valence-corrected chi connectivity index (χ4v) is 1.01. The SMILES string of the molecule is CN(C)C(=O)c1ccccc1C#N. The highest BCUT2D eigenvalue weighted by atomic mass is 16.2. The normalized spacial score (nSPS) is 9.00. The number of nitriles is 1. The molecule has 0 atom stereocenters. The summed E-state index contributed by atoms with van der Waals surface area (Å²) in [4.78, 5) is 13.0. The predicted octanol–water partition coefficient (Wildman–Crippen LogP) is 1.26. The number of benzene rings is 1. The molecule has 0 radical (unpaired) electrons. The molecule has 3 heteroatoms. The number of rotatable bonds is 1. The zero-order valence-electron chi connectivity index (χ0n) is 7.61. The lowest BCUT2D eigenvalue weighted by atomic mass is 10.1. The van der Waals surface area contributed by atoms with E-state index in [9.17, 15) is 4.79 Å². The predicted molar refractivity (Wildman–Crippen MR) is 49.2 cm³/mol. The minimum atomic E-state index is -0.142. The first-order valence-corrected chi connectivity index (χ1v) is 3.87. The van der Waals surface area contributed by atoms with Gasteiger partial charge in [0.25, 0.3) is 5.91 Å². The zero-order valence-corrected chi connectivity index (χ0v) is 7.61. The molecule has 0 fully saturated rings. The average molecular weight is 174 g/mol. The molecule has 1 rings (SSSR count). The highest BCUT2D eigenvalue weighted by Gasteiger charge is 2.11. The Labute approximate surface area is 77.2 Å². The van der Waals surface area contributed by atoms with Crippen molar-refractivity contribution < 1.29 is 4.79 Å². The van der Waals surface area contributed by atoms with Crippen LogP contribution >= 0.6 is 0 Å². The molecule has 1 aromatic rings. The van der Waals surface area contributed by atoms with Crippen molar-refractivity contribution in [2.45, 2.75) is 0 Å². The van der Waals surface area contributed by atoms with E-state index in [1.54, 1.807) is 38.4 Å². The smallest absolute Gasteiger partial charge is 0.254 e. The van der Waals surface area contributed by atoms with Crippen LogP contribution in [0.4, 0.5) is 0 Å². The number of amides is 1. The van der Waals surface area contributed by atoms with Crippen molar-refractivity contribution in [1.29, 1.82) is 5.26 Å². The molecule has 0 saturated carbocycles. The molecule has 0 heterocycles. The summed E-state index contributed by atoms with van der Waals surface area (Å²) in [6.07, 6.45) is 0. The van der Waals surface area contributed by atoms with E-state index in [4.69, 9.17) is 5.26 Å². The lowest BCUT2D eigenvalue weighted by Gasteiger charge is -2.10. The van der Waals surface area contributed by atoms with E-state index >= 15 is 0 Å². The molecule has 3 nitrogen and oxygen atoms in total. The largest absolute Gasteiger partial charge is 0.345 e. The molecule has 0 aliphatic heterocycles. The molecule has 0 unspecified atom stereocenters. The number of carbonyl (C=O) groups is 1. The van der Waals surface area contributed by atoms with Crippen LogP contribution in [-0.4, -0.2) is 24.9 Å². The van der Waals surface area contributed by atoms with E-state index in [2.05, 4.69) is 0 Å². The van der Waals surface area contributed by atoms with Crippen LogP contribution in [0.5, 0.6) is 0 Å². The van der Waals surface area contributed by atoms with E-state index in [0.29, 0.717) is 11.1 Å². The van der Waals surface area contributed by atoms with Gasteiger partial charge < -0.3 is 4.90 Å². The van der Waals surface area contributed by atoms with E-state index in [0.717, 1.165) is 0 Å². The summed E-state index contributed by atoms with van der Waals surface area (Å²) in [5.74, 6) is -0.142. The first-order chi connectivity index (χ1) is 6.16. The molecule has 1 aromatic carbocycles. The van der Waals surface area contributed by atoms with Crippen molar-refractivity contribution in [3.8, 4) is 6.07 Å². The van der Waals surface area contributed by atoms with E-state index < -0.39 is 0 Å². The van der Waals surface area contributed by atoms with Crippen LogP contribution in [0.1, 0.15) is 15.9 Å². The van der Waals surface area contributed by atoms with Gasteiger partial charge in [-0.25, -0.2) is 0 Å². The lowest BCUT2D eigenvalue weighted by Crippen LogP contribution is -2.22. The van der Waals surface area contributed by atoms with Gasteiger partial charge in [0, 0.05) is 14.1 Å². The maximum atomic E-state index is 11.5. The van der Waals surface area contributed by atoms with Crippen molar-refractivity contribution >= 4 is 5.91 Å². The Kier molecular flexibility index (Phi) is 2.65. The third-order valence-electron chi connectivity index (χ3n) is 1.68. The maximum Gasteiger partial charge on any atom is 0.254 e. The van der Waals surface area contributed by atoms with Crippen LogP contribution in [-0.2, 0) is 0 Å². The van der Waals surface area contributed by atoms with Crippen molar-refractivity contribution in [2.75, 3.05) is 14.1 Å². The Bertz CT molecular complexity index is 363. The fraction of sp³-hybridized carbons (Fsp3) is 0.200. The second kappa shape index (κ2) is 3.72. The van der Waals surface area contributed by atoms with Gasteiger partial charge in [-0.2, -0.15) is 5.26 Å². The molecule has 0 aliphatic carbocycles. The lowest BCUT2D eigenvalue weighted by molar-refractivity contribution is 0.0827. The first-order valence-electron chi connectivity index (χ1n) is 3.87. The van der Waals surface area contributed by atoms with Gasteiger partial charge >= 0.3 is 0 Å². The van der Waals surface area contributed by atoms with Crippen LogP contribution < -0.4 is 0 Å².